The van der Waals surface area contributed by atoms with E-state index in [0.717, 1.165) is 11.8 Å². The molecule has 6 heteroatoms. The minimum atomic E-state index is -0.598. The fourth-order valence-corrected chi connectivity index (χ4v) is 2.12. The number of hydrogen-bond acceptors (Lipinski definition) is 4. The maximum absolute atomic E-state index is 12.9. The van der Waals surface area contributed by atoms with E-state index in [1.807, 2.05) is 6.26 Å². The molecule has 0 aliphatic rings. The average Bonchev–Trinajstić information content (AvgIpc) is 2.27. The van der Waals surface area contributed by atoms with Crippen molar-refractivity contribution < 1.29 is 9.31 Å². The molecular weight excluding hydrogens is 243 g/mol. The second kappa shape index (κ2) is 6.44. The third-order valence-electron chi connectivity index (χ3n) is 2.25. The third kappa shape index (κ3) is 4.22. The first-order chi connectivity index (χ1) is 8.04. The standard InChI is InChI=1S/C11H15FN2O2S/c1-8(7-17-2)6-13-10-4-3-9(12)5-11(10)14(15)16/h3-5,8,13H,6-7H2,1-2H3. The highest BCUT2D eigenvalue weighted by atomic mass is 32.2. The molecule has 0 aliphatic carbocycles. The van der Waals surface area contributed by atoms with Crippen LogP contribution >= 0.6 is 11.8 Å². The second-order valence-corrected chi connectivity index (χ2v) is 4.77. The second-order valence-electron chi connectivity index (χ2n) is 3.86. The first kappa shape index (κ1) is 13.8. The molecule has 0 radical (unpaired) electrons. The van der Waals surface area contributed by atoms with Gasteiger partial charge in [-0.15, -0.1) is 0 Å². The number of rotatable bonds is 6. The van der Waals surface area contributed by atoms with Crippen molar-refractivity contribution in [3.8, 4) is 0 Å². The van der Waals surface area contributed by atoms with Crippen molar-refractivity contribution in [2.24, 2.45) is 5.92 Å². The van der Waals surface area contributed by atoms with Crippen LogP contribution in [-0.4, -0.2) is 23.5 Å². The molecule has 17 heavy (non-hydrogen) atoms. The summed E-state index contributed by atoms with van der Waals surface area (Å²) in [6, 6.07) is 3.55. The van der Waals surface area contributed by atoms with Gasteiger partial charge < -0.3 is 5.32 Å². The zero-order valence-electron chi connectivity index (χ0n) is 9.77. The number of benzene rings is 1. The Morgan fingerprint density at radius 1 is 1.59 bits per heavy atom. The predicted molar refractivity (Wildman–Crippen MR) is 69.1 cm³/mol. The molecule has 0 spiro atoms. The lowest BCUT2D eigenvalue weighted by molar-refractivity contribution is -0.384. The highest BCUT2D eigenvalue weighted by Gasteiger charge is 2.15. The molecule has 1 unspecified atom stereocenters. The number of halogens is 1. The van der Waals surface area contributed by atoms with Crippen molar-refractivity contribution >= 4 is 23.1 Å². The van der Waals surface area contributed by atoms with E-state index in [0.29, 0.717) is 18.2 Å². The number of nitrogens with zero attached hydrogens (tertiary/aromatic N) is 1. The zero-order chi connectivity index (χ0) is 12.8. The lowest BCUT2D eigenvalue weighted by Gasteiger charge is -2.12. The topological polar surface area (TPSA) is 55.2 Å². The van der Waals surface area contributed by atoms with E-state index in [2.05, 4.69) is 12.2 Å². The van der Waals surface area contributed by atoms with Crippen LogP contribution in [0, 0.1) is 21.8 Å². The zero-order valence-corrected chi connectivity index (χ0v) is 10.6. The summed E-state index contributed by atoms with van der Waals surface area (Å²) in [5.74, 6) is 0.774. The van der Waals surface area contributed by atoms with Gasteiger partial charge in [0.2, 0.25) is 0 Å². The van der Waals surface area contributed by atoms with Gasteiger partial charge in [0.15, 0.2) is 0 Å². The molecule has 0 saturated heterocycles. The number of hydrogen-bond donors (Lipinski definition) is 1. The number of thioether (sulfide) groups is 1. The molecule has 94 valence electrons. The number of anilines is 1. The predicted octanol–water partition coefficient (Wildman–Crippen LogP) is 3.14. The van der Waals surface area contributed by atoms with Crippen LogP contribution in [0.2, 0.25) is 0 Å². The van der Waals surface area contributed by atoms with Gasteiger partial charge in [-0.25, -0.2) is 4.39 Å². The first-order valence-electron chi connectivity index (χ1n) is 5.21. The Kier molecular flexibility index (Phi) is 5.21. The maximum Gasteiger partial charge on any atom is 0.295 e. The minimum Gasteiger partial charge on any atom is -0.379 e. The van der Waals surface area contributed by atoms with Gasteiger partial charge in [-0.3, -0.25) is 10.1 Å². The van der Waals surface area contributed by atoms with Crippen LogP contribution in [0.4, 0.5) is 15.8 Å². The normalized spacial score (nSPS) is 12.2. The minimum absolute atomic E-state index is 0.221. The Morgan fingerprint density at radius 2 is 2.29 bits per heavy atom. The monoisotopic (exact) mass is 258 g/mol. The van der Waals surface area contributed by atoms with E-state index in [4.69, 9.17) is 0 Å². The van der Waals surface area contributed by atoms with Gasteiger partial charge in [0.1, 0.15) is 11.5 Å². The molecule has 0 aromatic heterocycles. The van der Waals surface area contributed by atoms with E-state index < -0.39 is 10.7 Å². The number of nitrogens with one attached hydrogen (secondary N) is 1. The van der Waals surface area contributed by atoms with Gasteiger partial charge in [-0.1, -0.05) is 6.92 Å². The highest BCUT2D eigenvalue weighted by Crippen LogP contribution is 2.25. The molecule has 4 nitrogen and oxygen atoms in total. The summed E-state index contributed by atoms with van der Waals surface area (Å²) in [6.45, 7) is 2.69. The molecule has 1 rings (SSSR count). The van der Waals surface area contributed by atoms with E-state index in [1.165, 1.54) is 12.1 Å². The van der Waals surface area contributed by atoms with E-state index in [-0.39, 0.29) is 5.69 Å². The smallest absolute Gasteiger partial charge is 0.295 e. The van der Waals surface area contributed by atoms with Crippen LogP contribution in [0.1, 0.15) is 6.92 Å². The molecule has 0 heterocycles. The Labute approximate surface area is 104 Å². The fourth-order valence-electron chi connectivity index (χ4n) is 1.43. The number of nitro benzene ring substituents is 1. The molecule has 0 aliphatic heterocycles. The Morgan fingerprint density at radius 3 is 2.88 bits per heavy atom. The van der Waals surface area contributed by atoms with Gasteiger partial charge >= 0.3 is 0 Å². The van der Waals surface area contributed by atoms with Crippen LogP contribution in [0.15, 0.2) is 18.2 Å². The summed E-state index contributed by atoms with van der Waals surface area (Å²) in [4.78, 5) is 10.2. The summed E-state index contributed by atoms with van der Waals surface area (Å²) >= 11 is 1.72. The Bertz CT molecular complexity index is 401. The van der Waals surface area contributed by atoms with Crippen molar-refractivity contribution in [3.05, 3.63) is 34.1 Å². The van der Waals surface area contributed by atoms with Crippen molar-refractivity contribution in [2.75, 3.05) is 23.9 Å². The van der Waals surface area contributed by atoms with Crippen LogP contribution in [0.25, 0.3) is 0 Å². The van der Waals surface area contributed by atoms with E-state index >= 15 is 0 Å². The highest BCUT2D eigenvalue weighted by molar-refractivity contribution is 7.98. The van der Waals surface area contributed by atoms with Gasteiger partial charge in [-0.2, -0.15) is 11.8 Å². The van der Waals surface area contributed by atoms with Crippen molar-refractivity contribution in [2.45, 2.75) is 6.92 Å². The van der Waals surface area contributed by atoms with Gasteiger partial charge in [0.05, 0.1) is 11.0 Å². The quantitative estimate of drug-likeness (QED) is 0.629. The van der Waals surface area contributed by atoms with Crippen LogP contribution < -0.4 is 5.32 Å². The average molecular weight is 258 g/mol. The number of nitro groups is 1. The van der Waals surface area contributed by atoms with Gasteiger partial charge in [0, 0.05) is 6.54 Å². The molecule has 1 aromatic rings. The van der Waals surface area contributed by atoms with Crippen molar-refractivity contribution in [3.63, 3.8) is 0 Å². The molecule has 1 atom stereocenters. The summed E-state index contributed by atoms with van der Waals surface area (Å²) in [7, 11) is 0. The third-order valence-corrected chi connectivity index (χ3v) is 3.15. The molecule has 1 aromatic carbocycles. The fraction of sp³-hybridized carbons (Fsp3) is 0.455. The van der Waals surface area contributed by atoms with Crippen LogP contribution in [0.3, 0.4) is 0 Å². The van der Waals surface area contributed by atoms with Gasteiger partial charge in [-0.05, 0) is 30.1 Å². The first-order valence-corrected chi connectivity index (χ1v) is 6.60. The summed E-state index contributed by atoms with van der Waals surface area (Å²) in [5.41, 5.74) is 0.144. The van der Waals surface area contributed by atoms with Crippen LogP contribution in [-0.2, 0) is 0 Å². The Hall–Kier alpha value is -1.30. The SMILES string of the molecule is CSCC(C)CNc1ccc(F)cc1[N+](=O)[O-]. The lowest BCUT2D eigenvalue weighted by atomic mass is 10.2. The molecule has 1 N–H and O–H groups in total. The van der Waals surface area contributed by atoms with E-state index in [9.17, 15) is 14.5 Å². The molecule has 0 saturated carbocycles. The molecule has 0 amide bonds. The summed E-state index contributed by atoms with van der Waals surface area (Å²) < 4.78 is 12.9. The summed E-state index contributed by atoms with van der Waals surface area (Å²) in [6.07, 6.45) is 2.01. The largest absolute Gasteiger partial charge is 0.379 e. The molecular formula is C11H15FN2O2S. The van der Waals surface area contributed by atoms with Crippen molar-refractivity contribution in [1.82, 2.24) is 0 Å². The lowest BCUT2D eigenvalue weighted by Crippen LogP contribution is -2.14. The van der Waals surface area contributed by atoms with Crippen molar-refractivity contribution in [1.29, 1.82) is 0 Å². The van der Waals surface area contributed by atoms with Gasteiger partial charge in [0.25, 0.3) is 5.69 Å². The molecule has 0 bridgehead atoms. The molecule has 0 fully saturated rings. The van der Waals surface area contributed by atoms with E-state index in [1.54, 1.807) is 11.8 Å². The Balaban J connectivity index is 2.73. The maximum atomic E-state index is 12.9. The summed E-state index contributed by atoms with van der Waals surface area (Å²) in [5, 5.41) is 13.7. The van der Waals surface area contributed by atoms with Crippen LogP contribution in [0.5, 0.6) is 0 Å².